The number of hydrogen-bond acceptors (Lipinski definition) is 2. The fourth-order valence-corrected chi connectivity index (χ4v) is 1.48. The number of methoxy groups -OCH3 is 1. The molecule has 1 unspecified atom stereocenters. The number of ether oxygens (including phenoxy) is 2. The summed E-state index contributed by atoms with van der Waals surface area (Å²) in [6.45, 7) is 10.6. The Labute approximate surface area is 104 Å². The molecule has 0 aliphatic rings. The number of rotatable bonds is 7. The van der Waals surface area contributed by atoms with Gasteiger partial charge in [0.1, 0.15) is 11.5 Å². The Morgan fingerprint density at radius 1 is 1.29 bits per heavy atom. The van der Waals surface area contributed by atoms with E-state index in [1.165, 1.54) is 0 Å². The third-order valence-electron chi connectivity index (χ3n) is 2.62. The molecule has 1 atom stereocenters. The summed E-state index contributed by atoms with van der Waals surface area (Å²) in [5.74, 6) is 1.69. The fraction of sp³-hybridized carbons (Fsp3) is 0.400. The predicted molar refractivity (Wildman–Crippen MR) is 71.7 cm³/mol. The second-order valence-corrected chi connectivity index (χ2v) is 3.99. The van der Waals surface area contributed by atoms with E-state index in [0.717, 1.165) is 36.5 Å². The van der Waals surface area contributed by atoms with Crippen molar-refractivity contribution in [3.8, 4) is 11.5 Å². The lowest BCUT2D eigenvalue weighted by Gasteiger charge is -2.12. The molecule has 0 fully saturated rings. The third kappa shape index (κ3) is 4.14. The molecule has 2 heteroatoms. The molecular formula is C15H21O2. The van der Waals surface area contributed by atoms with Crippen LogP contribution in [0.4, 0.5) is 0 Å². The molecule has 1 radical (unpaired) electrons. The van der Waals surface area contributed by atoms with Crippen molar-refractivity contribution in [2.24, 2.45) is 0 Å². The Bertz CT molecular complexity index is 358. The molecule has 0 saturated carbocycles. The van der Waals surface area contributed by atoms with Crippen molar-refractivity contribution < 1.29 is 9.47 Å². The second kappa shape index (κ2) is 7.00. The Kier molecular flexibility index (Phi) is 5.61. The molecule has 0 saturated heterocycles. The maximum absolute atomic E-state index is 5.68. The fourth-order valence-electron chi connectivity index (χ4n) is 1.48. The molecule has 1 aromatic carbocycles. The average molecular weight is 233 g/mol. The molecule has 1 rings (SSSR count). The summed E-state index contributed by atoms with van der Waals surface area (Å²) >= 11 is 0. The molecule has 0 N–H and O–H groups in total. The molecule has 0 aliphatic carbocycles. The molecule has 0 spiro atoms. The lowest BCUT2D eigenvalue weighted by atomic mass is 10.0. The molecule has 0 amide bonds. The minimum absolute atomic E-state index is 0.0543. The van der Waals surface area contributed by atoms with E-state index in [2.05, 4.69) is 20.4 Å². The van der Waals surface area contributed by atoms with Gasteiger partial charge in [0.05, 0.1) is 13.7 Å². The summed E-state index contributed by atoms with van der Waals surface area (Å²) in [5.41, 5.74) is 1.06. The average Bonchev–Trinajstić information content (AvgIpc) is 2.37. The summed E-state index contributed by atoms with van der Waals surface area (Å²) in [5, 5.41) is 0. The van der Waals surface area contributed by atoms with E-state index in [1.807, 2.05) is 24.3 Å². The van der Waals surface area contributed by atoms with Crippen LogP contribution in [0.2, 0.25) is 0 Å². The van der Waals surface area contributed by atoms with Gasteiger partial charge < -0.3 is 9.47 Å². The zero-order chi connectivity index (χ0) is 12.7. The SMILES string of the molecule is [CH2]C(C=C)c1cc(OC)cc(OCCCC)c1. The van der Waals surface area contributed by atoms with Gasteiger partial charge in [-0.3, -0.25) is 0 Å². The highest BCUT2D eigenvalue weighted by molar-refractivity contribution is 5.41. The maximum Gasteiger partial charge on any atom is 0.123 e. The number of unbranched alkanes of at least 4 members (excludes halogenated alkanes) is 1. The van der Waals surface area contributed by atoms with Gasteiger partial charge in [0, 0.05) is 12.0 Å². The first-order chi connectivity index (χ1) is 8.21. The minimum atomic E-state index is 0.0543. The van der Waals surface area contributed by atoms with Crippen molar-refractivity contribution in [1.29, 1.82) is 0 Å². The van der Waals surface area contributed by atoms with E-state index in [0.29, 0.717) is 0 Å². The van der Waals surface area contributed by atoms with Crippen molar-refractivity contribution in [2.45, 2.75) is 25.7 Å². The number of allylic oxidation sites excluding steroid dienone is 1. The Morgan fingerprint density at radius 2 is 2.00 bits per heavy atom. The highest BCUT2D eigenvalue weighted by Crippen LogP contribution is 2.27. The van der Waals surface area contributed by atoms with E-state index >= 15 is 0 Å². The van der Waals surface area contributed by atoms with Gasteiger partial charge in [-0.05, 0) is 31.0 Å². The van der Waals surface area contributed by atoms with Crippen molar-refractivity contribution >= 4 is 0 Å². The standard InChI is InChI=1S/C15H21O2/c1-5-7-8-17-15-10-13(12(3)6-2)9-14(11-15)16-4/h6,9-12H,2-3,5,7-8H2,1,4H3. The molecule has 17 heavy (non-hydrogen) atoms. The lowest BCUT2D eigenvalue weighted by molar-refractivity contribution is 0.306. The van der Waals surface area contributed by atoms with Gasteiger partial charge >= 0.3 is 0 Å². The van der Waals surface area contributed by atoms with Crippen LogP contribution in [0, 0.1) is 6.92 Å². The van der Waals surface area contributed by atoms with Crippen LogP contribution in [-0.4, -0.2) is 13.7 Å². The second-order valence-electron chi connectivity index (χ2n) is 3.99. The Balaban J connectivity index is 2.85. The number of hydrogen-bond donors (Lipinski definition) is 0. The van der Waals surface area contributed by atoms with Gasteiger partial charge in [-0.15, -0.1) is 6.58 Å². The van der Waals surface area contributed by atoms with Crippen molar-refractivity contribution in [3.05, 3.63) is 43.3 Å². The van der Waals surface area contributed by atoms with Gasteiger partial charge in [0.25, 0.3) is 0 Å². The Hall–Kier alpha value is -1.44. The lowest BCUT2D eigenvalue weighted by Crippen LogP contribution is -1.99. The van der Waals surface area contributed by atoms with Crippen LogP contribution in [0.15, 0.2) is 30.9 Å². The first-order valence-electron chi connectivity index (χ1n) is 5.98. The monoisotopic (exact) mass is 233 g/mol. The molecule has 2 nitrogen and oxygen atoms in total. The summed E-state index contributed by atoms with van der Waals surface area (Å²) < 4.78 is 10.9. The molecular weight excluding hydrogens is 212 g/mol. The van der Waals surface area contributed by atoms with Crippen LogP contribution in [0.1, 0.15) is 31.2 Å². The molecule has 93 valence electrons. The summed E-state index contributed by atoms with van der Waals surface area (Å²) in [6, 6.07) is 5.86. The summed E-state index contributed by atoms with van der Waals surface area (Å²) in [4.78, 5) is 0. The van der Waals surface area contributed by atoms with Gasteiger partial charge in [-0.2, -0.15) is 0 Å². The van der Waals surface area contributed by atoms with E-state index in [-0.39, 0.29) is 5.92 Å². The molecule has 1 aromatic rings. The summed E-state index contributed by atoms with van der Waals surface area (Å²) in [7, 11) is 1.65. The van der Waals surface area contributed by atoms with Crippen LogP contribution in [0.25, 0.3) is 0 Å². The van der Waals surface area contributed by atoms with Crippen LogP contribution >= 0.6 is 0 Å². The molecule has 0 bridgehead atoms. The Morgan fingerprint density at radius 3 is 2.59 bits per heavy atom. The minimum Gasteiger partial charge on any atom is -0.497 e. The third-order valence-corrected chi connectivity index (χ3v) is 2.62. The van der Waals surface area contributed by atoms with Crippen molar-refractivity contribution in [3.63, 3.8) is 0 Å². The highest BCUT2D eigenvalue weighted by atomic mass is 16.5. The van der Waals surface area contributed by atoms with E-state index in [4.69, 9.17) is 9.47 Å². The van der Waals surface area contributed by atoms with E-state index in [9.17, 15) is 0 Å². The van der Waals surface area contributed by atoms with Gasteiger partial charge in [0.2, 0.25) is 0 Å². The van der Waals surface area contributed by atoms with Crippen LogP contribution in [-0.2, 0) is 0 Å². The topological polar surface area (TPSA) is 18.5 Å². The van der Waals surface area contributed by atoms with E-state index < -0.39 is 0 Å². The van der Waals surface area contributed by atoms with Crippen LogP contribution in [0.5, 0.6) is 11.5 Å². The quantitative estimate of drug-likeness (QED) is 0.524. The van der Waals surface area contributed by atoms with Gasteiger partial charge in [-0.25, -0.2) is 0 Å². The molecule has 0 aliphatic heterocycles. The molecule has 0 aromatic heterocycles. The van der Waals surface area contributed by atoms with Gasteiger partial charge in [-0.1, -0.05) is 19.4 Å². The normalized spacial score (nSPS) is 11.9. The largest absolute Gasteiger partial charge is 0.497 e. The zero-order valence-electron chi connectivity index (χ0n) is 10.7. The highest BCUT2D eigenvalue weighted by Gasteiger charge is 2.06. The van der Waals surface area contributed by atoms with Gasteiger partial charge in [0.15, 0.2) is 0 Å². The smallest absolute Gasteiger partial charge is 0.123 e. The van der Waals surface area contributed by atoms with Crippen molar-refractivity contribution in [1.82, 2.24) is 0 Å². The van der Waals surface area contributed by atoms with Crippen LogP contribution < -0.4 is 9.47 Å². The number of benzene rings is 1. The summed E-state index contributed by atoms with van der Waals surface area (Å²) in [6.07, 6.45) is 3.99. The predicted octanol–water partition coefficient (Wildman–Crippen LogP) is 3.98. The first-order valence-corrected chi connectivity index (χ1v) is 5.98. The van der Waals surface area contributed by atoms with Crippen molar-refractivity contribution in [2.75, 3.05) is 13.7 Å². The zero-order valence-corrected chi connectivity index (χ0v) is 10.7. The molecule has 0 heterocycles. The van der Waals surface area contributed by atoms with E-state index in [1.54, 1.807) is 7.11 Å². The first kappa shape index (κ1) is 13.6. The van der Waals surface area contributed by atoms with Crippen LogP contribution in [0.3, 0.4) is 0 Å². The maximum atomic E-state index is 5.68.